The lowest BCUT2D eigenvalue weighted by Gasteiger charge is -2.22. The molecule has 8 nitrogen and oxygen atoms in total. The summed E-state index contributed by atoms with van der Waals surface area (Å²) >= 11 is 12.6. The number of carbonyl (C=O) groups excluding carboxylic acids is 1. The number of alkyl halides is 3. The lowest BCUT2D eigenvalue weighted by molar-refractivity contribution is -0.155. The van der Waals surface area contributed by atoms with E-state index in [9.17, 15) is 31.2 Å². The van der Waals surface area contributed by atoms with Gasteiger partial charge in [-0.25, -0.2) is 13.4 Å². The molecule has 14 heteroatoms. The van der Waals surface area contributed by atoms with Gasteiger partial charge in [-0.2, -0.15) is 13.2 Å². The maximum absolute atomic E-state index is 14.4. The van der Waals surface area contributed by atoms with E-state index in [1.807, 2.05) is 4.90 Å². The van der Waals surface area contributed by atoms with Crippen molar-refractivity contribution < 1.29 is 31.1 Å². The van der Waals surface area contributed by atoms with E-state index in [0.717, 1.165) is 17.0 Å². The summed E-state index contributed by atoms with van der Waals surface area (Å²) in [7, 11) is -3.68. The summed E-state index contributed by atoms with van der Waals surface area (Å²) < 4.78 is 74.7. The van der Waals surface area contributed by atoms with Crippen molar-refractivity contribution in [2.75, 3.05) is 18.8 Å². The van der Waals surface area contributed by atoms with E-state index in [0.29, 0.717) is 25.9 Å². The Morgan fingerprint density at radius 1 is 1.14 bits per heavy atom. The molecule has 0 bridgehead atoms. The maximum atomic E-state index is 14.4. The Kier molecular flexibility index (Phi) is 10.1. The molecule has 3 aromatic rings. The number of nitrogens with zero attached hydrogens (tertiary/aromatic N) is 3. The highest BCUT2D eigenvalue weighted by molar-refractivity contribution is 7.91. The van der Waals surface area contributed by atoms with Crippen LogP contribution >= 0.6 is 23.2 Å². The fourth-order valence-electron chi connectivity index (χ4n) is 5.37. The molecule has 4 rings (SSSR count). The van der Waals surface area contributed by atoms with E-state index in [1.165, 1.54) is 25.1 Å². The smallest absolute Gasteiger partial charge is 0.416 e. The van der Waals surface area contributed by atoms with Crippen molar-refractivity contribution in [2.24, 2.45) is 5.92 Å². The van der Waals surface area contributed by atoms with Crippen LogP contribution in [0.2, 0.25) is 10.0 Å². The topological polar surface area (TPSA) is 98.6 Å². The highest BCUT2D eigenvalue weighted by atomic mass is 35.5. The van der Waals surface area contributed by atoms with Crippen molar-refractivity contribution in [3.05, 3.63) is 67.7 Å². The third kappa shape index (κ3) is 7.94. The van der Waals surface area contributed by atoms with Crippen LogP contribution in [0.15, 0.2) is 40.3 Å². The first kappa shape index (κ1) is 34.2. The van der Waals surface area contributed by atoms with Gasteiger partial charge >= 0.3 is 12.1 Å². The Morgan fingerprint density at radius 2 is 1.84 bits per heavy atom. The number of aromatic nitrogens is 2. The second kappa shape index (κ2) is 13.0. The number of fused-ring (bicyclic) bond motifs is 1. The number of carbonyl (C=O) groups is 1. The molecule has 2 aromatic carbocycles. The third-order valence-electron chi connectivity index (χ3n) is 7.47. The second-order valence-electron chi connectivity index (χ2n) is 12.0. The number of sulfone groups is 1. The number of hydrogen-bond acceptors (Lipinski definition) is 7. The van der Waals surface area contributed by atoms with Gasteiger partial charge in [-0.05, 0) is 81.5 Å². The molecule has 2 heterocycles. The largest absolute Gasteiger partial charge is 0.460 e. The number of ether oxygens (including phenoxy) is 1. The summed E-state index contributed by atoms with van der Waals surface area (Å²) in [6, 6.07) is 4.91. The molecular weight excluding hydrogens is 642 g/mol. The van der Waals surface area contributed by atoms with E-state index in [2.05, 4.69) is 4.98 Å². The average Bonchev–Trinajstić information content (AvgIpc) is 3.36. The fraction of sp³-hybridized carbons (Fsp3) is 0.500. The lowest BCUT2D eigenvalue weighted by Crippen LogP contribution is -2.26. The molecule has 1 aromatic heterocycles. The lowest BCUT2D eigenvalue weighted by atomic mass is 10.0. The summed E-state index contributed by atoms with van der Waals surface area (Å²) in [5, 5.41) is -0.377. The van der Waals surface area contributed by atoms with Gasteiger partial charge in [-0.3, -0.25) is 19.1 Å². The minimum atomic E-state index is -4.81. The molecule has 1 aliphatic heterocycles. The van der Waals surface area contributed by atoms with Gasteiger partial charge in [-0.15, -0.1) is 0 Å². The second-order valence-corrected chi connectivity index (χ2v) is 15.0. The third-order valence-corrected chi connectivity index (χ3v) is 9.94. The van der Waals surface area contributed by atoms with Crippen molar-refractivity contribution in [1.29, 1.82) is 0 Å². The van der Waals surface area contributed by atoms with Crippen molar-refractivity contribution in [2.45, 2.75) is 76.7 Å². The summed E-state index contributed by atoms with van der Waals surface area (Å²) in [5.74, 6) is -0.404. The van der Waals surface area contributed by atoms with Gasteiger partial charge in [-0.1, -0.05) is 30.1 Å². The minimum Gasteiger partial charge on any atom is -0.460 e. The van der Waals surface area contributed by atoms with Crippen LogP contribution in [-0.4, -0.2) is 53.3 Å². The number of esters is 1. The summed E-state index contributed by atoms with van der Waals surface area (Å²) in [4.78, 5) is 31.6. The number of hydrogen-bond donors (Lipinski definition) is 0. The van der Waals surface area contributed by atoms with Gasteiger partial charge in [0.15, 0.2) is 9.84 Å². The van der Waals surface area contributed by atoms with Gasteiger partial charge in [0.05, 0.1) is 45.0 Å². The monoisotopic (exact) mass is 675 g/mol. The number of halogens is 5. The summed E-state index contributed by atoms with van der Waals surface area (Å²) in [6.07, 6.45) is -2.20. The van der Waals surface area contributed by atoms with Crippen LogP contribution in [0.3, 0.4) is 0 Å². The molecule has 0 amide bonds. The molecule has 0 N–H and O–H groups in total. The van der Waals surface area contributed by atoms with Crippen LogP contribution in [0.25, 0.3) is 10.9 Å². The Labute approximate surface area is 264 Å². The Hall–Kier alpha value is -2.67. The molecule has 1 fully saturated rings. The van der Waals surface area contributed by atoms with Crippen molar-refractivity contribution >= 4 is 49.9 Å². The van der Waals surface area contributed by atoms with Crippen LogP contribution in [-0.2, 0) is 38.6 Å². The highest BCUT2D eigenvalue weighted by Crippen LogP contribution is 2.39. The Morgan fingerprint density at radius 3 is 2.48 bits per heavy atom. The minimum absolute atomic E-state index is 0.0317. The predicted octanol–water partition coefficient (Wildman–Crippen LogP) is 6.51. The molecule has 1 atom stereocenters. The van der Waals surface area contributed by atoms with Crippen LogP contribution in [0.5, 0.6) is 0 Å². The van der Waals surface area contributed by atoms with E-state index in [4.69, 9.17) is 27.9 Å². The first-order chi connectivity index (χ1) is 20.4. The zero-order valence-electron chi connectivity index (χ0n) is 24.8. The molecule has 0 spiro atoms. The fourth-order valence-corrected chi connectivity index (χ4v) is 6.98. The molecule has 0 unspecified atom stereocenters. The molecular formula is C30H34Cl2F3N3O5S. The van der Waals surface area contributed by atoms with Gasteiger partial charge in [0.25, 0.3) is 5.56 Å². The molecule has 1 saturated heterocycles. The number of rotatable bonds is 9. The maximum Gasteiger partial charge on any atom is 0.416 e. The SMILES string of the molecule is CCS(=O)(=O)c1ccc(Cl)cc1Cn1cnc2c(Cl)c(CN3CC[C@H](CCC(=O)OC(C)(C)C)C3)c(C(F)(F)F)cc2c1=O. The van der Waals surface area contributed by atoms with Crippen LogP contribution in [0.4, 0.5) is 13.2 Å². The molecule has 0 radical (unpaired) electrons. The van der Waals surface area contributed by atoms with Gasteiger partial charge in [0.2, 0.25) is 0 Å². The zero-order valence-corrected chi connectivity index (χ0v) is 27.1. The normalized spacial score (nSPS) is 16.5. The molecule has 0 aliphatic carbocycles. The van der Waals surface area contributed by atoms with Gasteiger partial charge < -0.3 is 4.74 Å². The molecule has 44 heavy (non-hydrogen) atoms. The van der Waals surface area contributed by atoms with E-state index < -0.39 is 32.7 Å². The van der Waals surface area contributed by atoms with Crippen molar-refractivity contribution in [1.82, 2.24) is 14.5 Å². The van der Waals surface area contributed by atoms with Crippen molar-refractivity contribution in [3.63, 3.8) is 0 Å². The Bertz CT molecular complexity index is 1740. The number of likely N-dealkylation sites (tertiary alicyclic amines) is 1. The van der Waals surface area contributed by atoms with Gasteiger partial charge in [0, 0.05) is 24.5 Å². The summed E-state index contributed by atoms with van der Waals surface area (Å²) in [5.41, 5.74) is -2.50. The predicted molar refractivity (Wildman–Crippen MR) is 163 cm³/mol. The van der Waals surface area contributed by atoms with Crippen LogP contribution in [0.1, 0.15) is 63.6 Å². The Balaban J connectivity index is 1.64. The van der Waals surface area contributed by atoms with Crippen LogP contribution in [0, 0.1) is 5.92 Å². The number of benzene rings is 2. The summed E-state index contributed by atoms with van der Waals surface area (Å²) in [6.45, 7) is 7.43. The zero-order chi connectivity index (χ0) is 32.6. The van der Waals surface area contributed by atoms with E-state index in [-0.39, 0.29) is 74.1 Å². The molecule has 1 aliphatic rings. The molecule has 240 valence electrons. The molecule has 0 saturated carbocycles. The first-order valence-electron chi connectivity index (χ1n) is 14.1. The first-order valence-corrected chi connectivity index (χ1v) is 16.5. The van der Waals surface area contributed by atoms with Crippen LogP contribution < -0.4 is 5.56 Å². The van der Waals surface area contributed by atoms with E-state index >= 15 is 0 Å². The standard InChI is InChI=1S/C30H34Cl2F3N3O5S/c1-5-44(41,42)24-8-7-20(31)12-19(24)15-38-17-36-27-21(28(38)40)13-23(30(33,34)35)22(26(27)32)16-37-11-10-18(14-37)6-9-25(39)43-29(2,3)4/h7-8,12-13,17-18H,5-6,9-11,14-16H2,1-4H3/t18-/m0/s1. The van der Waals surface area contributed by atoms with Crippen molar-refractivity contribution in [3.8, 4) is 0 Å². The van der Waals surface area contributed by atoms with E-state index in [1.54, 1.807) is 20.8 Å². The average molecular weight is 677 g/mol. The highest BCUT2D eigenvalue weighted by Gasteiger charge is 2.37. The quantitative estimate of drug-likeness (QED) is 0.239. The van der Waals surface area contributed by atoms with Gasteiger partial charge in [0.1, 0.15) is 5.60 Å².